The van der Waals surface area contributed by atoms with Crippen molar-refractivity contribution in [3.05, 3.63) is 48.5 Å². The van der Waals surface area contributed by atoms with Gasteiger partial charge < -0.3 is 24.6 Å². The van der Waals surface area contributed by atoms with Crippen molar-refractivity contribution in [3.8, 4) is 11.5 Å². The Balaban J connectivity index is 1.52. The molecule has 5 nitrogen and oxygen atoms in total. The number of ether oxygens (including phenoxy) is 2. The van der Waals surface area contributed by atoms with Crippen molar-refractivity contribution in [2.45, 2.75) is 6.61 Å². The van der Waals surface area contributed by atoms with Crippen LogP contribution in [0.25, 0.3) is 0 Å². The minimum Gasteiger partial charge on any atom is -0.497 e. The number of piperazine rings is 1. The Bertz CT molecular complexity index is 766. The van der Waals surface area contributed by atoms with Gasteiger partial charge in [0, 0.05) is 43.6 Å². The number of nitrogens with one attached hydrogen (secondary N) is 1. The van der Waals surface area contributed by atoms with Crippen LogP contribution < -0.4 is 19.7 Å². The number of thiocarbonyl (C=S) groups is 1. The van der Waals surface area contributed by atoms with Crippen LogP contribution in [0.5, 0.6) is 11.5 Å². The van der Waals surface area contributed by atoms with Crippen molar-refractivity contribution in [2.75, 3.05) is 43.5 Å². The standard InChI is InChI=1S/C19H21F2N3O2S/c1-25-17-4-2-3-15(13-17)23-9-11-24(12-10-23)19(27)22-14-5-7-16(8-6-14)26-18(20)21/h2-8,13,18H,9-12H2,1H3,(H,22,27). The molecule has 0 amide bonds. The number of nitrogens with zero attached hydrogens (tertiary/aromatic N) is 2. The molecule has 0 atom stereocenters. The molecule has 3 rings (SSSR count). The first kappa shape index (κ1) is 19.2. The maximum absolute atomic E-state index is 12.2. The van der Waals surface area contributed by atoms with E-state index in [1.54, 1.807) is 19.2 Å². The van der Waals surface area contributed by atoms with E-state index in [1.807, 2.05) is 18.2 Å². The van der Waals surface area contributed by atoms with E-state index in [9.17, 15) is 8.78 Å². The summed E-state index contributed by atoms with van der Waals surface area (Å²) in [5, 5.41) is 3.75. The van der Waals surface area contributed by atoms with E-state index in [-0.39, 0.29) is 5.75 Å². The van der Waals surface area contributed by atoms with E-state index in [0.29, 0.717) is 5.11 Å². The maximum atomic E-state index is 12.2. The highest BCUT2D eigenvalue weighted by Crippen LogP contribution is 2.23. The minimum atomic E-state index is -2.83. The quantitative estimate of drug-likeness (QED) is 0.779. The lowest BCUT2D eigenvalue weighted by Gasteiger charge is -2.37. The van der Waals surface area contributed by atoms with E-state index >= 15 is 0 Å². The molecule has 2 aromatic carbocycles. The van der Waals surface area contributed by atoms with Gasteiger partial charge in [0.1, 0.15) is 11.5 Å². The summed E-state index contributed by atoms with van der Waals surface area (Å²) in [7, 11) is 1.66. The smallest absolute Gasteiger partial charge is 0.387 e. The van der Waals surface area contributed by atoms with Crippen molar-refractivity contribution in [1.82, 2.24) is 4.90 Å². The van der Waals surface area contributed by atoms with Crippen LogP contribution in [0.1, 0.15) is 0 Å². The van der Waals surface area contributed by atoms with E-state index in [0.717, 1.165) is 43.3 Å². The summed E-state index contributed by atoms with van der Waals surface area (Å²) in [5.74, 6) is 0.958. The zero-order valence-corrected chi connectivity index (χ0v) is 15.7. The summed E-state index contributed by atoms with van der Waals surface area (Å²) in [6.07, 6.45) is 0. The molecule has 0 radical (unpaired) electrons. The Morgan fingerprint density at radius 2 is 1.74 bits per heavy atom. The zero-order valence-electron chi connectivity index (χ0n) is 14.9. The monoisotopic (exact) mass is 393 g/mol. The second kappa shape index (κ2) is 8.85. The van der Waals surface area contributed by atoms with Crippen LogP contribution in [0.3, 0.4) is 0 Å². The molecule has 2 aromatic rings. The van der Waals surface area contributed by atoms with Gasteiger partial charge in [-0.3, -0.25) is 0 Å². The Morgan fingerprint density at radius 1 is 1.04 bits per heavy atom. The largest absolute Gasteiger partial charge is 0.497 e. The van der Waals surface area contributed by atoms with Crippen molar-refractivity contribution in [1.29, 1.82) is 0 Å². The Labute approximate surface area is 162 Å². The molecule has 1 N–H and O–H groups in total. The van der Waals surface area contributed by atoms with Crippen molar-refractivity contribution < 1.29 is 18.3 Å². The fourth-order valence-corrected chi connectivity index (χ4v) is 3.20. The van der Waals surface area contributed by atoms with Crippen LogP contribution in [-0.2, 0) is 0 Å². The summed E-state index contributed by atoms with van der Waals surface area (Å²) >= 11 is 5.48. The molecule has 0 saturated carbocycles. The lowest BCUT2D eigenvalue weighted by Crippen LogP contribution is -2.50. The minimum absolute atomic E-state index is 0.119. The highest BCUT2D eigenvalue weighted by molar-refractivity contribution is 7.80. The SMILES string of the molecule is COc1cccc(N2CCN(C(=S)Nc3ccc(OC(F)F)cc3)CC2)c1. The number of rotatable bonds is 5. The molecule has 0 spiro atoms. The first-order valence-corrected chi connectivity index (χ1v) is 8.96. The third kappa shape index (κ3) is 5.19. The average molecular weight is 393 g/mol. The fourth-order valence-electron chi connectivity index (χ4n) is 2.90. The lowest BCUT2D eigenvalue weighted by molar-refractivity contribution is -0.0498. The van der Waals surface area contributed by atoms with Gasteiger partial charge in [-0.1, -0.05) is 6.07 Å². The molecule has 0 aromatic heterocycles. The molecule has 1 heterocycles. The van der Waals surface area contributed by atoms with Gasteiger partial charge in [0.25, 0.3) is 0 Å². The molecular weight excluding hydrogens is 372 g/mol. The van der Waals surface area contributed by atoms with Crippen LogP contribution in [0.2, 0.25) is 0 Å². The molecule has 0 unspecified atom stereocenters. The number of halogens is 2. The lowest BCUT2D eigenvalue weighted by atomic mass is 10.2. The van der Waals surface area contributed by atoms with Crippen molar-refractivity contribution in [2.24, 2.45) is 0 Å². The Morgan fingerprint density at radius 3 is 2.37 bits per heavy atom. The molecule has 1 saturated heterocycles. The van der Waals surface area contributed by atoms with Crippen molar-refractivity contribution in [3.63, 3.8) is 0 Å². The van der Waals surface area contributed by atoms with Gasteiger partial charge in [0.05, 0.1) is 7.11 Å². The van der Waals surface area contributed by atoms with E-state index in [1.165, 1.54) is 12.1 Å². The maximum Gasteiger partial charge on any atom is 0.387 e. The zero-order chi connectivity index (χ0) is 19.2. The molecule has 0 bridgehead atoms. The Kier molecular flexibility index (Phi) is 6.28. The van der Waals surface area contributed by atoms with E-state index in [4.69, 9.17) is 17.0 Å². The van der Waals surface area contributed by atoms with E-state index in [2.05, 4.69) is 25.9 Å². The van der Waals surface area contributed by atoms with Gasteiger partial charge in [-0.15, -0.1) is 0 Å². The molecule has 27 heavy (non-hydrogen) atoms. The molecule has 0 aliphatic carbocycles. The van der Waals surface area contributed by atoms with Gasteiger partial charge in [0.2, 0.25) is 0 Å². The highest BCUT2D eigenvalue weighted by Gasteiger charge is 2.19. The third-order valence-electron chi connectivity index (χ3n) is 4.32. The summed E-state index contributed by atoms with van der Waals surface area (Å²) in [4.78, 5) is 4.38. The van der Waals surface area contributed by atoms with Crippen LogP contribution in [0.4, 0.5) is 20.2 Å². The summed E-state index contributed by atoms with van der Waals surface area (Å²) in [6, 6.07) is 14.3. The molecule has 1 aliphatic rings. The van der Waals surface area contributed by atoms with Gasteiger partial charge in [-0.25, -0.2) is 0 Å². The van der Waals surface area contributed by atoms with Crippen LogP contribution in [-0.4, -0.2) is 49.9 Å². The van der Waals surface area contributed by atoms with Crippen LogP contribution in [0, 0.1) is 0 Å². The number of benzene rings is 2. The second-order valence-corrected chi connectivity index (χ2v) is 6.40. The van der Waals surface area contributed by atoms with Gasteiger partial charge in [-0.2, -0.15) is 8.78 Å². The fraction of sp³-hybridized carbons (Fsp3) is 0.316. The summed E-state index contributed by atoms with van der Waals surface area (Å²) in [5.41, 5.74) is 1.86. The number of hydrogen-bond acceptors (Lipinski definition) is 4. The molecule has 144 valence electrons. The van der Waals surface area contributed by atoms with Gasteiger partial charge >= 0.3 is 6.61 Å². The Hall–Kier alpha value is -2.61. The highest BCUT2D eigenvalue weighted by atomic mass is 32.1. The molecule has 1 aliphatic heterocycles. The van der Waals surface area contributed by atoms with Crippen LogP contribution in [0.15, 0.2) is 48.5 Å². The first-order valence-electron chi connectivity index (χ1n) is 8.55. The van der Waals surface area contributed by atoms with Crippen molar-refractivity contribution >= 4 is 28.7 Å². The normalized spacial score (nSPS) is 14.2. The predicted octanol–water partition coefficient (Wildman–Crippen LogP) is 3.82. The third-order valence-corrected chi connectivity index (χ3v) is 4.68. The first-order chi connectivity index (χ1) is 13.0. The summed E-state index contributed by atoms with van der Waals surface area (Å²) < 4.78 is 34.0. The van der Waals surface area contributed by atoms with Gasteiger partial charge in [-0.05, 0) is 48.6 Å². The van der Waals surface area contributed by atoms with E-state index < -0.39 is 6.61 Å². The number of alkyl halides is 2. The molecule has 1 fully saturated rings. The van der Waals surface area contributed by atoms with Gasteiger partial charge in [0.15, 0.2) is 5.11 Å². The van der Waals surface area contributed by atoms with Crippen LogP contribution >= 0.6 is 12.2 Å². The number of hydrogen-bond donors (Lipinski definition) is 1. The predicted molar refractivity (Wildman–Crippen MR) is 106 cm³/mol. The average Bonchev–Trinajstić information content (AvgIpc) is 2.69. The number of methoxy groups -OCH3 is 1. The number of anilines is 2. The topological polar surface area (TPSA) is 37.0 Å². The molecular formula is C19H21F2N3O2S. The molecule has 8 heteroatoms. The second-order valence-electron chi connectivity index (χ2n) is 6.01. The summed E-state index contributed by atoms with van der Waals surface area (Å²) in [6.45, 7) is 0.433.